The molecule has 3 aromatic rings. The van der Waals surface area contributed by atoms with Gasteiger partial charge in [0.2, 0.25) is 5.16 Å². The SMILES string of the molecule is COc1ccc(-c2nnc3n2N[C@@H](c2ccc(OC)cc2)S3)cc1. The van der Waals surface area contributed by atoms with Crippen molar-refractivity contribution in [3.05, 3.63) is 54.1 Å². The number of nitrogens with one attached hydrogen (secondary N) is 1. The van der Waals surface area contributed by atoms with Gasteiger partial charge in [0.15, 0.2) is 5.82 Å². The summed E-state index contributed by atoms with van der Waals surface area (Å²) in [6.45, 7) is 0. The summed E-state index contributed by atoms with van der Waals surface area (Å²) in [5.74, 6) is 2.45. The second-order valence-electron chi connectivity index (χ2n) is 5.27. The van der Waals surface area contributed by atoms with Gasteiger partial charge >= 0.3 is 0 Å². The quantitative estimate of drug-likeness (QED) is 0.786. The summed E-state index contributed by atoms with van der Waals surface area (Å²) in [5, 5.41) is 9.51. The lowest BCUT2D eigenvalue weighted by atomic mass is 10.2. The minimum atomic E-state index is 0.0957. The molecule has 1 aliphatic heterocycles. The molecular weight excluding hydrogens is 324 g/mol. The lowest BCUT2D eigenvalue weighted by molar-refractivity contribution is 0.414. The molecule has 0 fully saturated rings. The molecule has 122 valence electrons. The molecule has 6 nitrogen and oxygen atoms in total. The fourth-order valence-electron chi connectivity index (χ4n) is 2.56. The standard InChI is InChI=1S/C17H16N4O2S/c1-22-13-7-3-11(4-8-13)15-18-19-17-21(15)20-16(24-17)12-5-9-14(23-2)10-6-12/h3-10,16,20H,1-2H3/t16-/m1/s1. The van der Waals surface area contributed by atoms with Gasteiger partial charge in [-0.05, 0) is 42.0 Å². The smallest absolute Gasteiger partial charge is 0.212 e. The summed E-state index contributed by atoms with van der Waals surface area (Å²) < 4.78 is 12.3. The summed E-state index contributed by atoms with van der Waals surface area (Å²) in [4.78, 5) is 0. The van der Waals surface area contributed by atoms with Gasteiger partial charge in [-0.1, -0.05) is 23.9 Å². The molecule has 1 N–H and O–H groups in total. The van der Waals surface area contributed by atoms with E-state index in [9.17, 15) is 0 Å². The number of benzene rings is 2. The van der Waals surface area contributed by atoms with Crippen molar-refractivity contribution in [2.75, 3.05) is 19.6 Å². The third-order valence-corrected chi connectivity index (χ3v) is 4.96. The van der Waals surface area contributed by atoms with E-state index < -0.39 is 0 Å². The van der Waals surface area contributed by atoms with Gasteiger partial charge in [-0.15, -0.1) is 10.2 Å². The molecule has 0 radical (unpaired) electrons. The number of methoxy groups -OCH3 is 2. The maximum absolute atomic E-state index is 5.21. The van der Waals surface area contributed by atoms with Crippen LogP contribution in [0, 0.1) is 0 Å². The first-order valence-corrected chi connectivity index (χ1v) is 8.33. The molecule has 0 amide bonds. The first-order chi connectivity index (χ1) is 11.8. The van der Waals surface area contributed by atoms with Gasteiger partial charge < -0.3 is 14.9 Å². The van der Waals surface area contributed by atoms with Crippen LogP contribution in [0.4, 0.5) is 0 Å². The van der Waals surface area contributed by atoms with Crippen molar-refractivity contribution in [2.24, 2.45) is 0 Å². The van der Waals surface area contributed by atoms with Crippen LogP contribution in [-0.4, -0.2) is 29.1 Å². The summed E-state index contributed by atoms with van der Waals surface area (Å²) >= 11 is 1.64. The molecule has 24 heavy (non-hydrogen) atoms. The average molecular weight is 340 g/mol. The molecule has 0 saturated heterocycles. The Bertz CT molecular complexity index is 846. The van der Waals surface area contributed by atoms with E-state index >= 15 is 0 Å². The van der Waals surface area contributed by atoms with Crippen molar-refractivity contribution >= 4 is 11.8 Å². The van der Waals surface area contributed by atoms with E-state index in [0.717, 1.165) is 33.6 Å². The molecule has 0 spiro atoms. The highest BCUT2D eigenvalue weighted by Gasteiger charge is 2.28. The van der Waals surface area contributed by atoms with Gasteiger partial charge in [0.1, 0.15) is 16.9 Å². The summed E-state index contributed by atoms with van der Waals surface area (Å²) in [6.07, 6.45) is 0. The van der Waals surface area contributed by atoms with Crippen LogP contribution in [0.5, 0.6) is 11.5 Å². The van der Waals surface area contributed by atoms with E-state index in [1.54, 1.807) is 26.0 Å². The van der Waals surface area contributed by atoms with Crippen LogP contribution in [0.1, 0.15) is 10.9 Å². The zero-order chi connectivity index (χ0) is 16.5. The van der Waals surface area contributed by atoms with E-state index in [-0.39, 0.29) is 5.37 Å². The minimum Gasteiger partial charge on any atom is -0.497 e. The second kappa shape index (κ2) is 6.09. The topological polar surface area (TPSA) is 61.2 Å². The number of hydrogen-bond acceptors (Lipinski definition) is 6. The van der Waals surface area contributed by atoms with Crippen molar-refractivity contribution in [3.63, 3.8) is 0 Å². The van der Waals surface area contributed by atoms with Crippen LogP contribution in [0.3, 0.4) is 0 Å². The summed E-state index contributed by atoms with van der Waals surface area (Å²) in [6, 6.07) is 15.8. The highest BCUT2D eigenvalue weighted by atomic mass is 32.2. The number of aromatic nitrogens is 3. The molecule has 1 aromatic heterocycles. The van der Waals surface area contributed by atoms with E-state index in [4.69, 9.17) is 9.47 Å². The Balaban J connectivity index is 1.59. The van der Waals surface area contributed by atoms with Crippen LogP contribution in [0.15, 0.2) is 53.7 Å². The molecule has 1 aliphatic rings. The second-order valence-corrected chi connectivity index (χ2v) is 6.34. The Morgan fingerprint density at radius 3 is 2.17 bits per heavy atom. The number of hydrogen-bond donors (Lipinski definition) is 1. The molecule has 1 atom stereocenters. The highest BCUT2D eigenvalue weighted by Crippen LogP contribution is 2.40. The van der Waals surface area contributed by atoms with Gasteiger partial charge in [-0.25, -0.2) is 4.68 Å². The van der Waals surface area contributed by atoms with Crippen LogP contribution < -0.4 is 14.9 Å². The number of ether oxygens (including phenoxy) is 2. The molecule has 2 heterocycles. The van der Waals surface area contributed by atoms with Crippen molar-refractivity contribution in [1.82, 2.24) is 14.9 Å². The molecule has 7 heteroatoms. The Morgan fingerprint density at radius 1 is 0.917 bits per heavy atom. The molecule has 4 rings (SSSR count). The molecule has 0 saturated carbocycles. The lowest BCUT2D eigenvalue weighted by Crippen LogP contribution is -2.13. The van der Waals surface area contributed by atoms with Crippen molar-refractivity contribution in [3.8, 4) is 22.9 Å². The van der Waals surface area contributed by atoms with E-state index in [0.29, 0.717) is 0 Å². The predicted molar refractivity (Wildman–Crippen MR) is 93.0 cm³/mol. The molecule has 0 bridgehead atoms. The van der Waals surface area contributed by atoms with Gasteiger partial charge in [-0.3, -0.25) is 0 Å². The lowest BCUT2D eigenvalue weighted by Gasteiger charge is -2.12. The number of fused-ring (bicyclic) bond motifs is 1. The molecule has 0 unspecified atom stereocenters. The Morgan fingerprint density at radius 2 is 1.54 bits per heavy atom. The third-order valence-electron chi connectivity index (χ3n) is 3.87. The van der Waals surface area contributed by atoms with Gasteiger partial charge in [0.25, 0.3) is 0 Å². The Kier molecular flexibility index (Phi) is 3.78. The Hall–Kier alpha value is -2.67. The van der Waals surface area contributed by atoms with Gasteiger partial charge in [0, 0.05) is 5.56 Å². The zero-order valence-electron chi connectivity index (χ0n) is 13.3. The van der Waals surface area contributed by atoms with Crippen LogP contribution in [-0.2, 0) is 0 Å². The fraction of sp³-hybridized carbons (Fsp3) is 0.176. The van der Waals surface area contributed by atoms with Crippen LogP contribution >= 0.6 is 11.8 Å². The van der Waals surface area contributed by atoms with Gasteiger partial charge in [0.05, 0.1) is 14.2 Å². The number of rotatable bonds is 4. The summed E-state index contributed by atoms with van der Waals surface area (Å²) in [5.41, 5.74) is 5.59. The minimum absolute atomic E-state index is 0.0957. The molecule has 2 aromatic carbocycles. The maximum atomic E-state index is 5.21. The normalized spacial score (nSPS) is 15.7. The predicted octanol–water partition coefficient (Wildman–Crippen LogP) is 3.31. The zero-order valence-corrected chi connectivity index (χ0v) is 14.1. The van der Waals surface area contributed by atoms with E-state index in [1.165, 1.54) is 0 Å². The van der Waals surface area contributed by atoms with Gasteiger partial charge in [-0.2, -0.15) is 0 Å². The molecular formula is C17H16N4O2S. The molecule has 0 aliphatic carbocycles. The van der Waals surface area contributed by atoms with Crippen LogP contribution in [0.2, 0.25) is 0 Å². The van der Waals surface area contributed by atoms with Crippen LogP contribution in [0.25, 0.3) is 11.4 Å². The number of thioether (sulfide) groups is 1. The Labute approximate surface area is 143 Å². The van der Waals surface area contributed by atoms with Crippen molar-refractivity contribution in [2.45, 2.75) is 10.5 Å². The van der Waals surface area contributed by atoms with E-state index in [1.807, 2.05) is 41.1 Å². The van der Waals surface area contributed by atoms with E-state index in [2.05, 4.69) is 27.8 Å². The average Bonchev–Trinajstić information content (AvgIpc) is 3.22. The number of nitrogens with zero attached hydrogens (tertiary/aromatic N) is 3. The van der Waals surface area contributed by atoms with Crippen molar-refractivity contribution < 1.29 is 9.47 Å². The summed E-state index contributed by atoms with van der Waals surface area (Å²) in [7, 11) is 3.32. The largest absolute Gasteiger partial charge is 0.497 e. The first-order valence-electron chi connectivity index (χ1n) is 7.45. The third kappa shape index (κ3) is 2.56. The fourth-order valence-corrected chi connectivity index (χ4v) is 3.55. The highest BCUT2D eigenvalue weighted by molar-refractivity contribution is 7.99. The first kappa shape index (κ1) is 14.9. The monoisotopic (exact) mass is 340 g/mol. The van der Waals surface area contributed by atoms with Crippen molar-refractivity contribution in [1.29, 1.82) is 0 Å². The maximum Gasteiger partial charge on any atom is 0.212 e.